The van der Waals surface area contributed by atoms with Gasteiger partial charge in [-0.2, -0.15) is 0 Å². The summed E-state index contributed by atoms with van der Waals surface area (Å²) in [7, 11) is 3.08. The van der Waals surface area contributed by atoms with Gasteiger partial charge in [0, 0.05) is 12.3 Å². The van der Waals surface area contributed by atoms with Crippen molar-refractivity contribution in [2.75, 3.05) is 14.2 Å². The van der Waals surface area contributed by atoms with Crippen molar-refractivity contribution in [1.29, 1.82) is 0 Å². The summed E-state index contributed by atoms with van der Waals surface area (Å²) in [5, 5.41) is 0.491. The van der Waals surface area contributed by atoms with E-state index in [4.69, 9.17) is 9.47 Å². The maximum atomic E-state index is 11.8. The van der Waals surface area contributed by atoms with Gasteiger partial charge in [0.15, 0.2) is 11.2 Å². The number of ether oxygens (including phenoxy) is 2. The Morgan fingerprint density at radius 2 is 2.06 bits per heavy atom. The van der Waals surface area contributed by atoms with Crippen molar-refractivity contribution >= 4 is 26.8 Å². The van der Waals surface area contributed by atoms with Crippen molar-refractivity contribution in [3.05, 3.63) is 33.0 Å². The second-order valence-electron chi connectivity index (χ2n) is 3.19. The number of pyridine rings is 1. The quantitative estimate of drug-likeness (QED) is 0.920. The Morgan fingerprint density at radius 1 is 1.31 bits per heavy atom. The number of nitrogens with one attached hydrogen (secondary N) is 1. The highest BCUT2D eigenvalue weighted by Gasteiger charge is 2.14. The topological polar surface area (TPSA) is 51.3 Å². The maximum absolute atomic E-state index is 11.8. The second kappa shape index (κ2) is 4.17. The predicted molar refractivity (Wildman–Crippen MR) is 65.4 cm³/mol. The molecule has 0 spiro atoms. The lowest BCUT2D eigenvalue weighted by molar-refractivity contribution is 0.407. The van der Waals surface area contributed by atoms with Gasteiger partial charge in [0.05, 0.1) is 29.6 Å². The highest BCUT2D eigenvalue weighted by Crippen LogP contribution is 2.36. The van der Waals surface area contributed by atoms with Crippen molar-refractivity contribution in [3.8, 4) is 11.5 Å². The lowest BCUT2D eigenvalue weighted by Gasteiger charge is -2.10. The summed E-state index contributed by atoms with van der Waals surface area (Å²) in [6, 6.07) is 3.18. The third-order valence-corrected chi connectivity index (χ3v) is 2.92. The summed E-state index contributed by atoms with van der Waals surface area (Å²) in [6.45, 7) is 0. The van der Waals surface area contributed by atoms with E-state index in [0.717, 1.165) is 4.47 Å². The highest BCUT2D eigenvalue weighted by atomic mass is 79.9. The van der Waals surface area contributed by atoms with Crippen LogP contribution in [0.2, 0.25) is 0 Å². The zero-order valence-corrected chi connectivity index (χ0v) is 10.4. The van der Waals surface area contributed by atoms with E-state index in [1.165, 1.54) is 13.2 Å². The molecule has 0 atom stereocenters. The molecule has 0 fully saturated rings. The van der Waals surface area contributed by atoms with E-state index < -0.39 is 0 Å². The molecule has 0 saturated carbocycles. The molecule has 0 radical (unpaired) electrons. The largest absolute Gasteiger partial charge is 0.496 e. The minimum absolute atomic E-state index is 0.101. The van der Waals surface area contributed by atoms with Gasteiger partial charge < -0.3 is 14.5 Å². The van der Waals surface area contributed by atoms with Crippen molar-refractivity contribution in [1.82, 2.24) is 4.98 Å². The Hall–Kier alpha value is -1.49. The first-order valence-electron chi connectivity index (χ1n) is 4.61. The molecular formula is C11H10BrNO3. The molecule has 5 heteroatoms. The maximum Gasteiger partial charge on any atom is 0.193 e. The molecule has 84 valence electrons. The first kappa shape index (κ1) is 11.0. The molecule has 1 aromatic heterocycles. The van der Waals surface area contributed by atoms with Crippen molar-refractivity contribution < 1.29 is 9.47 Å². The van der Waals surface area contributed by atoms with E-state index in [1.54, 1.807) is 19.4 Å². The molecule has 0 aliphatic rings. The molecule has 2 aromatic rings. The summed E-state index contributed by atoms with van der Waals surface area (Å²) in [5.41, 5.74) is 0.526. The van der Waals surface area contributed by atoms with Gasteiger partial charge in [0.25, 0.3) is 0 Å². The number of hydrogen-bond donors (Lipinski definition) is 1. The summed E-state index contributed by atoms with van der Waals surface area (Å²) in [5.74, 6) is 1.11. The number of aromatic nitrogens is 1. The second-order valence-corrected chi connectivity index (χ2v) is 4.04. The molecule has 4 nitrogen and oxygen atoms in total. The van der Waals surface area contributed by atoms with Crippen LogP contribution in [-0.2, 0) is 0 Å². The van der Waals surface area contributed by atoms with Crippen LogP contribution < -0.4 is 14.9 Å². The summed E-state index contributed by atoms with van der Waals surface area (Å²) in [4.78, 5) is 14.8. The Morgan fingerprint density at radius 3 is 2.69 bits per heavy atom. The average Bonchev–Trinajstić information content (AvgIpc) is 2.28. The molecule has 0 bridgehead atoms. The monoisotopic (exact) mass is 283 g/mol. The van der Waals surface area contributed by atoms with Crippen LogP contribution in [0.15, 0.2) is 27.6 Å². The van der Waals surface area contributed by atoms with E-state index in [0.29, 0.717) is 22.4 Å². The molecule has 1 N–H and O–H groups in total. The van der Waals surface area contributed by atoms with Crippen LogP contribution in [0.25, 0.3) is 10.9 Å². The third kappa shape index (κ3) is 1.57. The number of rotatable bonds is 2. The van der Waals surface area contributed by atoms with Crippen LogP contribution in [0.3, 0.4) is 0 Å². The van der Waals surface area contributed by atoms with Crippen LogP contribution in [0.1, 0.15) is 0 Å². The minimum Gasteiger partial charge on any atom is -0.496 e. The summed E-state index contributed by atoms with van der Waals surface area (Å²) in [6.07, 6.45) is 1.58. The van der Waals surface area contributed by atoms with Crippen molar-refractivity contribution in [2.45, 2.75) is 0 Å². The molecule has 1 heterocycles. The lowest BCUT2D eigenvalue weighted by atomic mass is 10.2. The standard InChI is InChI=1S/C11H10BrNO3/c1-15-8-5-6(12)11(16-2)10-9(8)7(14)3-4-13-10/h3-5H,1-2H3,(H,13,14). The molecule has 0 saturated heterocycles. The number of methoxy groups -OCH3 is 2. The number of H-pyrrole nitrogens is 1. The van der Waals surface area contributed by atoms with Crippen LogP contribution >= 0.6 is 15.9 Å². The fraction of sp³-hybridized carbons (Fsp3) is 0.182. The highest BCUT2D eigenvalue weighted by molar-refractivity contribution is 9.10. The molecule has 2 rings (SSSR count). The Bertz CT molecular complexity index is 592. The Kier molecular flexibility index (Phi) is 2.87. The zero-order valence-electron chi connectivity index (χ0n) is 8.83. The molecule has 1 aromatic carbocycles. The van der Waals surface area contributed by atoms with E-state index in [-0.39, 0.29) is 5.43 Å². The molecule has 0 amide bonds. The van der Waals surface area contributed by atoms with Gasteiger partial charge in [0.1, 0.15) is 5.75 Å². The van der Waals surface area contributed by atoms with E-state index in [9.17, 15) is 4.79 Å². The van der Waals surface area contributed by atoms with Crippen LogP contribution in [0, 0.1) is 0 Å². The first-order valence-corrected chi connectivity index (χ1v) is 5.40. The number of aromatic amines is 1. The fourth-order valence-corrected chi connectivity index (χ4v) is 2.20. The average molecular weight is 284 g/mol. The first-order chi connectivity index (χ1) is 7.69. The van der Waals surface area contributed by atoms with E-state index >= 15 is 0 Å². The van der Waals surface area contributed by atoms with Gasteiger partial charge in [-0.25, -0.2) is 0 Å². The van der Waals surface area contributed by atoms with Crippen molar-refractivity contribution in [2.24, 2.45) is 0 Å². The minimum atomic E-state index is -0.101. The summed E-state index contributed by atoms with van der Waals surface area (Å²) < 4.78 is 11.2. The molecule has 0 aliphatic carbocycles. The van der Waals surface area contributed by atoms with Gasteiger partial charge in [-0.05, 0) is 22.0 Å². The Balaban J connectivity index is 2.99. The normalized spacial score (nSPS) is 10.4. The molecular weight excluding hydrogens is 274 g/mol. The van der Waals surface area contributed by atoms with Gasteiger partial charge in [-0.3, -0.25) is 4.79 Å². The molecule has 0 unspecified atom stereocenters. The van der Waals surface area contributed by atoms with Gasteiger partial charge in [-0.15, -0.1) is 0 Å². The Labute approximate surface area is 100 Å². The predicted octanol–water partition coefficient (Wildman–Crippen LogP) is 2.31. The number of halogens is 1. The van der Waals surface area contributed by atoms with Crippen LogP contribution in [0.5, 0.6) is 11.5 Å². The fourth-order valence-electron chi connectivity index (χ4n) is 1.64. The number of fused-ring (bicyclic) bond motifs is 1. The van der Waals surface area contributed by atoms with Gasteiger partial charge in [0.2, 0.25) is 0 Å². The van der Waals surface area contributed by atoms with Crippen LogP contribution in [0.4, 0.5) is 0 Å². The van der Waals surface area contributed by atoms with E-state index in [1.807, 2.05) is 0 Å². The lowest BCUT2D eigenvalue weighted by Crippen LogP contribution is -2.04. The van der Waals surface area contributed by atoms with Gasteiger partial charge in [-0.1, -0.05) is 0 Å². The van der Waals surface area contributed by atoms with Gasteiger partial charge >= 0.3 is 0 Å². The number of benzene rings is 1. The molecule has 16 heavy (non-hydrogen) atoms. The number of hydrogen-bond acceptors (Lipinski definition) is 3. The van der Waals surface area contributed by atoms with Crippen molar-refractivity contribution in [3.63, 3.8) is 0 Å². The third-order valence-electron chi connectivity index (χ3n) is 2.33. The SMILES string of the molecule is COc1c(Br)cc(OC)c2c(=O)cc[nH]c12. The smallest absolute Gasteiger partial charge is 0.193 e. The summed E-state index contributed by atoms with van der Waals surface area (Å²) >= 11 is 3.37. The van der Waals surface area contributed by atoms with E-state index in [2.05, 4.69) is 20.9 Å². The van der Waals surface area contributed by atoms with Crippen LogP contribution in [-0.4, -0.2) is 19.2 Å². The zero-order chi connectivity index (χ0) is 11.7. The molecule has 0 aliphatic heterocycles.